The highest BCUT2D eigenvalue weighted by atomic mass is 35.5. The van der Waals surface area contributed by atoms with E-state index >= 15 is 0 Å². The van der Waals surface area contributed by atoms with E-state index in [1.165, 1.54) is 38.5 Å². The third kappa shape index (κ3) is 2.69. The normalized spacial score (nSPS) is 42.2. The summed E-state index contributed by atoms with van der Waals surface area (Å²) in [5.41, 5.74) is 0.433. The Balaban J connectivity index is 0.00000144. The zero-order valence-corrected chi connectivity index (χ0v) is 14.8. The molecule has 2 atom stereocenters. The predicted octanol–water partition coefficient (Wildman–Crippen LogP) is 2.98. The largest absolute Gasteiger partial charge is 0.353 e. The van der Waals surface area contributed by atoms with Crippen LogP contribution < -0.4 is 10.6 Å². The molecule has 4 heteroatoms. The minimum Gasteiger partial charge on any atom is -0.353 e. The van der Waals surface area contributed by atoms with Gasteiger partial charge in [0.25, 0.3) is 0 Å². The van der Waals surface area contributed by atoms with Gasteiger partial charge in [-0.3, -0.25) is 4.79 Å². The standard InChI is InChI=1S/C18H30N2O.ClH/c1-11(16-9-19-10-16)17(21)20-12(2)18-6-13-3-14(7-18)5-15(4-13)8-18;/h11-16,19H,3-10H2,1-2H3,(H,20,21);1H. The van der Waals surface area contributed by atoms with Gasteiger partial charge in [-0.25, -0.2) is 0 Å². The van der Waals surface area contributed by atoms with Gasteiger partial charge in [0.05, 0.1) is 0 Å². The fraction of sp³-hybridized carbons (Fsp3) is 0.944. The molecule has 2 N–H and O–H groups in total. The van der Waals surface area contributed by atoms with Crippen LogP contribution in [0.4, 0.5) is 0 Å². The van der Waals surface area contributed by atoms with Gasteiger partial charge in [-0.1, -0.05) is 6.92 Å². The van der Waals surface area contributed by atoms with Crippen molar-refractivity contribution in [1.82, 2.24) is 10.6 Å². The Morgan fingerprint density at radius 1 is 1.05 bits per heavy atom. The summed E-state index contributed by atoms with van der Waals surface area (Å²) in [7, 11) is 0. The van der Waals surface area contributed by atoms with Crippen molar-refractivity contribution in [2.45, 2.75) is 58.4 Å². The van der Waals surface area contributed by atoms with E-state index in [4.69, 9.17) is 0 Å². The maximum absolute atomic E-state index is 12.5. The van der Waals surface area contributed by atoms with Crippen molar-refractivity contribution in [2.24, 2.45) is 35.0 Å². The first-order chi connectivity index (χ1) is 10.1. The monoisotopic (exact) mass is 326 g/mol. The summed E-state index contributed by atoms with van der Waals surface area (Å²) in [5.74, 6) is 3.90. The third-order valence-corrected chi connectivity index (χ3v) is 7.30. The van der Waals surface area contributed by atoms with Crippen molar-refractivity contribution in [1.29, 1.82) is 0 Å². The molecule has 0 aromatic rings. The molecule has 1 heterocycles. The SMILES string of the molecule is CC(C(=O)NC(C)C12CC3CC(CC(C3)C1)C2)C1CNC1.Cl. The van der Waals surface area contributed by atoms with Gasteiger partial charge in [0.2, 0.25) is 5.91 Å². The van der Waals surface area contributed by atoms with Crippen molar-refractivity contribution in [3.63, 3.8) is 0 Å². The van der Waals surface area contributed by atoms with Crippen molar-refractivity contribution >= 4 is 18.3 Å². The number of carbonyl (C=O) groups is 1. The quantitative estimate of drug-likeness (QED) is 0.834. The molecule has 3 nitrogen and oxygen atoms in total. The maximum atomic E-state index is 12.5. The van der Waals surface area contributed by atoms with E-state index in [1.807, 2.05) is 0 Å². The highest BCUT2D eigenvalue weighted by molar-refractivity contribution is 5.85. The van der Waals surface area contributed by atoms with E-state index in [0.29, 0.717) is 23.3 Å². The second-order valence-electron chi connectivity index (χ2n) is 8.72. The molecule has 22 heavy (non-hydrogen) atoms. The van der Waals surface area contributed by atoms with E-state index in [0.717, 1.165) is 30.8 Å². The molecule has 0 aromatic carbocycles. The number of amides is 1. The van der Waals surface area contributed by atoms with Crippen LogP contribution in [0.5, 0.6) is 0 Å². The fourth-order valence-corrected chi connectivity index (χ4v) is 6.08. The van der Waals surface area contributed by atoms with E-state index in [9.17, 15) is 4.79 Å². The van der Waals surface area contributed by atoms with Gasteiger partial charge >= 0.3 is 0 Å². The molecule has 126 valence electrons. The summed E-state index contributed by atoms with van der Waals surface area (Å²) in [4.78, 5) is 12.5. The molecule has 1 amide bonds. The zero-order chi connectivity index (χ0) is 14.6. The molecular formula is C18H31ClN2O. The number of halogens is 1. The zero-order valence-electron chi connectivity index (χ0n) is 13.9. The maximum Gasteiger partial charge on any atom is 0.223 e. The van der Waals surface area contributed by atoms with Crippen LogP contribution in [-0.2, 0) is 4.79 Å². The molecule has 5 aliphatic rings. The number of carbonyl (C=O) groups excluding carboxylic acids is 1. The molecule has 0 spiro atoms. The summed E-state index contributed by atoms with van der Waals surface area (Å²) in [6.45, 7) is 6.42. The van der Waals surface area contributed by atoms with E-state index < -0.39 is 0 Å². The lowest BCUT2D eigenvalue weighted by molar-refractivity contribution is -0.131. The van der Waals surface area contributed by atoms with Crippen molar-refractivity contribution in [2.75, 3.05) is 13.1 Å². The minimum absolute atomic E-state index is 0. The highest BCUT2D eigenvalue weighted by Gasteiger charge is 2.53. The van der Waals surface area contributed by atoms with Crippen LogP contribution in [0.2, 0.25) is 0 Å². The molecule has 4 bridgehead atoms. The highest BCUT2D eigenvalue weighted by Crippen LogP contribution is 2.61. The van der Waals surface area contributed by atoms with Crippen LogP contribution in [0.3, 0.4) is 0 Å². The minimum atomic E-state index is 0. The van der Waals surface area contributed by atoms with Crippen LogP contribution >= 0.6 is 12.4 Å². The van der Waals surface area contributed by atoms with Gasteiger partial charge in [-0.15, -0.1) is 12.4 Å². The first kappa shape index (κ1) is 16.6. The second-order valence-corrected chi connectivity index (χ2v) is 8.72. The molecule has 5 rings (SSSR count). The number of hydrogen-bond donors (Lipinski definition) is 2. The summed E-state index contributed by atoms with van der Waals surface area (Å²) in [6.07, 6.45) is 8.55. The Labute approximate surface area is 140 Å². The number of nitrogens with one attached hydrogen (secondary N) is 2. The summed E-state index contributed by atoms with van der Waals surface area (Å²) in [6, 6.07) is 0.369. The Morgan fingerprint density at radius 2 is 1.55 bits per heavy atom. The topological polar surface area (TPSA) is 41.1 Å². The van der Waals surface area contributed by atoms with Crippen molar-refractivity contribution in [3.05, 3.63) is 0 Å². The van der Waals surface area contributed by atoms with E-state index in [-0.39, 0.29) is 18.3 Å². The van der Waals surface area contributed by atoms with Gasteiger partial charge in [0, 0.05) is 12.0 Å². The molecule has 1 aliphatic heterocycles. The van der Waals surface area contributed by atoms with Gasteiger partial charge < -0.3 is 10.6 Å². The summed E-state index contributed by atoms with van der Waals surface area (Å²) < 4.78 is 0. The van der Waals surface area contributed by atoms with Gasteiger partial charge in [-0.2, -0.15) is 0 Å². The molecule has 1 saturated heterocycles. The predicted molar refractivity (Wildman–Crippen MR) is 91.0 cm³/mol. The molecule has 0 radical (unpaired) electrons. The molecule has 4 aliphatic carbocycles. The van der Waals surface area contributed by atoms with Gasteiger partial charge in [-0.05, 0) is 87.6 Å². The number of rotatable bonds is 4. The Bertz CT molecular complexity index is 400. The third-order valence-electron chi connectivity index (χ3n) is 7.30. The average molecular weight is 327 g/mol. The first-order valence-electron chi connectivity index (χ1n) is 9.07. The van der Waals surface area contributed by atoms with Gasteiger partial charge in [0.1, 0.15) is 0 Å². The molecule has 0 aromatic heterocycles. The molecule has 2 unspecified atom stereocenters. The van der Waals surface area contributed by atoms with E-state index in [1.54, 1.807) is 0 Å². The average Bonchev–Trinajstić information content (AvgIpc) is 2.34. The van der Waals surface area contributed by atoms with E-state index in [2.05, 4.69) is 24.5 Å². The molecule has 5 fully saturated rings. The Morgan fingerprint density at radius 3 is 1.95 bits per heavy atom. The van der Waals surface area contributed by atoms with Crippen LogP contribution in [0.1, 0.15) is 52.4 Å². The lowest BCUT2D eigenvalue weighted by Crippen LogP contribution is -2.57. The summed E-state index contributed by atoms with van der Waals surface area (Å²) in [5, 5.41) is 6.70. The van der Waals surface area contributed by atoms with Crippen LogP contribution in [0.25, 0.3) is 0 Å². The van der Waals surface area contributed by atoms with Crippen molar-refractivity contribution < 1.29 is 4.79 Å². The lowest BCUT2D eigenvalue weighted by Gasteiger charge is -2.59. The molecule has 4 saturated carbocycles. The second kappa shape index (κ2) is 5.98. The lowest BCUT2D eigenvalue weighted by atomic mass is 9.48. The van der Waals surface area contributed by atoms with Crippen molar-refractivity contribution in [3.8, 4) is 0 Å². The number of hydrogen-bond acceptors (Lipinski definition) is 2. The Kier molecular flexibility index (Phi) is 4.50. The van der Waals surface area contributed by atoms with Gasteiger partial charge in [0.15, 0.2) is 0 Å². The van der Waals surface area contributed by atoms with Crippen LogP contribution in [0, 0.1) is 35.0 Å². The first-order valence-corrected chi connectivity index (χ1v) is 9.07. The van der Waals surface area contributed by atoms with Crippen LogP contribution in [-0.4, -0.2) is 25.0 Å². The molecular weight excluding hydrogens is 296 g/mol. The Hall–Kier alpha value is -0.280. The van der Waals surface area contributed by atoms with Crippen LogP contribution in [0.15, 0.2) is 0 Å². The smallest absolute Gasteiger partial charge is 0.223 e. The summed E-state index contributed by atoms with van der Waals surface area (Å²) >= 11 is 0. The fourth-order valence-electron chi connectivity index (χ4n) is 6.08.